The van der Waals surface area contributed by atoms with E-state index in [2.05, 4.69) is 0 Å². The predicted molar refractivity (Wildman–Crippen MR) is 60.4 cm³/mol. The van der Waals surface area contributed by atoms with Crippen molar-refractivity contribution in [3.8, 4) is 0 Å². The lowest BCUT2D eigenvalue weighted by atomic mass is 9.85. The van der Waals surface area contributed by atoms with E-state index in [1.807, 2.05) is 0 Å². The zero-order chi connectivity index (χ0) is 11.8. The van der Waals surface area contributed by atoms with Crippen LogP contribution in [-0.2, 0) is 14.3 Å². The lowest BCUT2D eigenvalue weighted by Crippen LogP contribution is -2.52. The molecule has 2 saturated carbocycles. The number of aliphatic hydroxyl groups is 1. The molecule has 4 nitrogen and oxygen atoms in total. The van der Waals surface area contributed by atoms with Gasteiger partial charge in [0.05, 0.1) is 24.2 Å². The third-order valence-corrected chi connectivity index (χ3v) is 4.35. The fraction of sp³-hybridized carbons (Fsp3) is 0.923. The Kier molecular flexibility index (Phi) is 3.09. The first kappa shape index (κ1) is 11.5. The summed E-state index contributed by atoms with van der Waals surface area (Å²) in [7, 11) is 0. The van der Waals surface area contributed by atoms with Crippen molar-refractivity contribution in [3.63, 3.8) is 0 Å². The first-order valence-corrected chi connectivity index (χ1v) is 6.76. The molecule has 2 heterocycles. The third kappa shape index (κ3) is 2.33. The number of ether oxygens (including phenoxy) is 2. The van der Waals surface area contributed by atoms with E-state index in [1.54, 1.807) is 0 Å². The lowest BCUT2D eigenvalue weighted by molar-refractivity contribution is -0.222. The number of fused-ring (bicyclic) bond motifs is 2. The van der Waals surface area contributed by atoms with Crippen molar-refractivity contribution in [1.82, 2.24) is 0 Å². The topological polar surface area (TPSA) is 55.8 Å². The summed E-state index contributed by atoms with van der Waals surface area (Å²) >= 11 is 0. The lowest BCUT2D eigenvalue weighted by Gasteiger charge is -2.46. The fourth-order valence-corrected chi connectivity index (χ4v) is 3.15. The molecule has 1 N–H and O–H groups in total. The molecular formula is C13H20O4. The zero-order valence-electron chi connectivity index (χ0n) is 10.0. The molecule has 3 atom stereocenters. The van der Waals surface area contributed by atoms with E-state index in [9.17, 15) is 9.90 Å². The van der Waals surface area contributed by atoms with E-state index in [4.69, 9.17) is 9.47 Å². The van der Waals surface area contributed by atoms with Crippen molar-refractivity contribution in [3.05, 3.63) is 0 Å². The summed E-state index contributed by atoms with van der Waals surface area (Å²) in [6.45, 7) is 0. The highest BCUT2D eigenvalue weighted by Gasteiger charge is 2.44. The highest BCUT2D eigenvalue weighted by Crippen LogP contribution is 2.37. The maximum absolute atomic E-state index is 12.0. The molecule has 0 aromatic rings. The Balaban J connectivity index is 1.49. The molecule has 4 heteroatoms. The maximum Gasteiger partial charge on any atom is 0.309 e. The second-order valence-corrected chi connectivity index (χ2v) is 5.59. The number of rotatable bonds is 2. The Labute approximate surface area is 101 Å². The van der Waals surface area contributed by atoms with Gasteiger partial charge >= 0.3 is 5.97 Å². The predicted octanol–water partition coefficient (Wildman–Crippen LogP) is 1.40. The van der Waals surface area contributed by atoms with Crippen LogP contribution in [0.2, 0.25) is 0 Å². The van der Waals surface area contributed by atoms with Crippen molar-refractivity contribution in [2.24, 2.45) is 5.92 Å². The van der Waals surface area contributed by atoms with Crippen LogP contribution in [0.1, 0.15) is 44.9 Å². The second-order valence-electron chi connectivity index (χ2n) is 5.59. The van der Waals surface area contributed by atoms with Gasteiger partial charge in [0.15, 0.2) is 0 Å². The summed E-state index contributed by atoms with van der Waals surface area (Å²) in [5, 5.41) is 9.41. The molecule has 3 unspecified atom stereocenters. The van der Waals surface area contributed by atoms with Gasteiger partial charge in [-0.2, -0.15) is 0 Å². The van der Waals surface area contributed by atoms with Gasteiger partial charge in [-0.3, -0.25) is 4.79 Å². The molecule has 4 rings (SSSR count). The number of hydrogen-bond donors (Lipinski definition) is 1. The molecular weight excluding hydrogens is 220 g/mol. The molecule has 0 aromatic carbocycles. The quantitative estimate of drug-likeness (QED) is 0.741. The van der Waals surface area contributed by atoms with Crippen LogP contribution in [0.5, 0.6) is 0 Å². The van der Waals surface area contributed by atoms with Crippen LogP contribution in [0.4, 0.5) is 0 Å². The summed E-state index contributed by atoms with van der Waals surface area (Å²) in [6.07, 6.45) is 6.38. The van der Waals surface area contributed by atoms with Crippen molar-refractivity contribution in [2.75, 3.05) is 0 Å². The van der Waals surface area contributed by atoms with Gasteiger partial charge in [0, 0.05) is 6.42 Å². The molecule has 96 valence electrons. The molecule has 2 aliphatic heterocycles. The van der Waals surface area contributed by atoms with E-state index >= 15 is 0 Å². The third-order valence-electron chi connectivity index (χ3n) is 4.35. The molecule has 0 spiro atoms. The van der Waals surface area contributed by atoms with Gasteiger partial charge in [0.1, 0.15) is 6.10 Å². The average molecular weight is 240 g/mol. The normalized spacial score (nSPS) is 44.9. The summed E-state index contributed by atoms with van der Waals surface area (Å²) in [5.74, 6) is -0.0768. The Morgan fingerprint density at radius 1 is 1.12 bits per heavy atom. The molecule has 0 amide bonds. The van der Waals surface area contributed by atoms with Crippen molar-refractivity contribution >= 4 is 5.97 Å². The monoisotopic (exact) mass is 240 g/mol. The van der Waals surface area contributed by atoms with E-state index in [0.717, 1.165) is 44.9 Å². The summed E-state index contributed by atoms with van der Waals surface area (Å²) in [4.78, 5) is 12.0. The van der Waals surface area contributed by atoms with Crippen LogP contribution in [0.15, 0.2) is 0 Å². The van der Waals surface area contributed by atoms with Gasteiger partial charge in [-0.1, -0.05) is 0 Å². The number of carbonyl (C=O) groups is 1. The molecule has 4 aliphatic rings. The Hall–Kier alpha value is -0.610. The Morgan fingerprint density at radius 3 is 2.41 bits per heavy atom. The highest BCUT2D eigenvalue weighted by molar-refractivity contribution is 5.72. The van der Waals surface area contributed by atoms with Crippen molar-refractivity contribution < 1.29 is 19.4 Å². The smallest absolute Gasteiger partial charge is 0.309 e. The molecule has 4 fully saturated rings. The number of hydrogen-bond acceptors (Lipinski definition) is 4. The van der Waals surface area contributed by atoms with Crippen LogP contribution in [0, 0.1) is 5.92 Å². The number of aliphatic hydroxyl groups excluding tert-OH is 1. The largest absolute Gasteiger partial charge is 0.459 e. The summed E-state index contributed by atoms with van der Waals surface area (Å²) in [6, 6.07) is 0. The molecule has 2 aliphatic carbocycles. The Bertz CT molecular complexity index is 287. The molecule has 2 bridgehead atoms. The van der Waals surface area contributed by atoms with E-state index in [-0.39, 0.29) is 30.2 Å². The minimum Gasteiger partial charge on any atom is -0.459 e. The number of esters is 1. The van der Waals surface area contributed by atoms with Crippen LogP contribution < -0.4 is 0 Å². The Morgan fingerprint density at radius 2 is 1.82 bits per heavy atom. The minimum atomic E-state index is -0.218. The summed E-state index contributed by atoms with van der Waals surface area (Å²) in [5.41, 5.74) is 0. The SMILES string of the molecule is O=C(OC1CCC2CC1O2)C1CCC(O)CC1. The van der Waals surface area contributed by atoms with Crippen LogP contribution >= 0.6 is 0 Å². The fourth-order valence-electron chi connectivity index (χ4n) is 3.15. The van der Waals surface area contributed by atoms with Crippen molar-refractivity contribution in [1.29, 1.82) is 0 Å². The van der Waals surface area contributed by atoms with E-state index < -0.39 is 0 Å². The van der Waals surface area contributed by atoms with Gasteiger partial charge in [-0.05, 0) is 38.5 Å². The van der Waals surface area contributed by atoms with Crippen LogP contribution in [0.3, 0.4) is 0 Å². The van der Waals surface area contributed by atoms with Crippen LogP contribution in [-0.4, -0.2) is 35.5 Å². The molecule has 0 radical (unpaired) electrons. The van der Waals surface area contributed by atoms with Gasteiger partial charge < -0.3 is 14.6 Å². The molecule has 0 aromatic heterocycles. The highest BCUT2D eigenvalue weighted by atomic mass is 16.6. The first-order chi connectivity index (χ1) is 8.22. The number of carbonyl (C=O) groups excluding carboxylic acids is 1. The first-order valence-electron chi connectivity index (χ1n) is 6.76. The molecule has 2 saturated heterocycles. The van der Waals surface area contributed by atoms with Gasteiger partial charge in [0.2, 0.25) is 0 Å². The van der Waals surface area contributed by atoms with Crippen LogP contribution in [0.25, 0.3) is 0 Å². The van der Waals surface area contributed by atoms with E-state index in [0.29, 0.717) is 6.10 Å². The van der Waals surface area contributed by atoms with Gasteiger partial charge in [-0.25, -0.2) is 0 Å². The average Bonchev–Trinajstić information content (AvgIpc) is 2.29. The summed E-state index contributed by atoms with van der Waals surface area (Å²) < 4.78 is 11.1. The second kappa shape index (κ2) is 4.58. The van der Waals surface area contributed by atoms with Crippen molar-refractivity contribution in [2.45, 2.75) is 69.4 Å². The van der Waals surface area contributed by atoms with E-state index in [1.165, 1.54) is 0 Å². The minimum absolute atomic E-state index is 0.00352. The van der Waals surface area contributed by atoms with Gasteiger partial charge in [-0.15, -0.1) is 0 Å². The van der Waals surface area contributed by atoms with Gasteiger partial charge in [0.25, 0.3) is 0 Å². The standard InChI is InChI=1S/C13H20O4/c14-9-3-1-8(2-4-9)13(15)17-11-6-5-10-7-12(11)16-10/h8-12,14H,1-7H2. The molecule has 17 heavy (non-hydrogen) atoms. The zero-order valence-corrected chi connectivity index (χ0v) is 10.0. The maximum atomic E-state index is 12.0.